The molecule has 0 unspecified atom stereocenters. The number of nitrogens with zero attached hydrogens (tertiary/aromatic N) is 1. The fourth-order valence-corrected chi connectivity index (χ4v) is 2.14. The highest BCUT2D eigenvalue weighted by molar-refractivity contribution is 9.10. The van der Waals surface area contributed by atoms with E-state index >= 15 is 0 Å². The van der Waals surface area contributed by atoms with Gasteiger partial charge in [0.15, 0.2) is 5.69 Å². The summed E-state index contributed by atoms with van der Waals surface area (Å²) in [6, 6.07) is 7.11. The van der Waals surface area contributed by atoms with Crippen molar-refractivity contribution in [2.45, 2.75) is 0 Å². The molecule has 2 aromatic carbocycles. The van der Waals surface area contributed by atoms with Crippen LogP contribution in [0.5, 0.6) is 5.75 Å². The van der Waals surface area contributed by atoms with E-state index in [0.29, 0.717) is 4.47 Å². The van der Waals surface area contributed by atoms with Crippen LogP contribution in [0.25, 0.3) is 0 Å². The van der Waals surface area contributed by atoms with Gasteiger partial charge in [-0.25, -0.2) is 4.39 Å². The maximum atomic E-state index is 13.2. The first-order valence-corrected chi connectivity index (χ1v) is 6.41. The zero-order valence-corrected chi connectivity index (χ0v) is 11.9. The Bertz CT molecular complexity index is 716. The third-order valence-electron chi connectivity index (χ3n) is 2.58. The van der Waals surface area contributed by atoms with Gasteiger partial charge in [0, 0.05) is 16.1 Å². The molecular weight excluding hydrogens is 347 g/mol. The Balaban J connectivity index is 2.38. The number of anilines is 1. The molecule has 0 bridgehead atoms. The summed E-state index contributed by atoms with van der Waals surface area (Å²) >= 11 is 3.04. The maximum Gasteiger partial charge on any atom is 0.296 e. The van der Waals surface area contributed by atoms with Crippen LogP contribution in [0.1, 0.15) is 10.4 Å². The normalized spacial score (nSPS) is 10.2. The smallest absolute Gasteiger partial charge is 0.296 e. The van der Waals surface area contributed by atoms with E-state index in [9.17, 15) is 24.4 Å². The van der Waals surface area contributed by atoms with Crippen LogP contribution in [0.4, 0.5) is 15.8 Å². The monoisotopic (exact) mass is 354 g/mol. The summed E-state index contributed by atoms with van der Waals surface area (Å²) < 4.78 is 13.6. The van der Waals surface area contributed by atoms with Crippen molar-refractivity contribution in [1.82, 2.24) is 0 Å². The minimum Gasteiger partial charge on any atom is -0.505 e. The SMILES string of the molecule is O=C(Nc1c(O)cccc1[N+](=O)[O-])c1cc(F)cc(Br)c1. The highest BCUT2D eigenvalue weighted by Crippen LogP contribution is 2.33. The lowest BCUT2D eigenvalue weighted by Crippen LogP contribution is -2.13. The van der Waals surface area contributed by atoms with Crippen molar-refractivity contribution in [3.05, 3.63) is 62.4 Å². The van der Waals surface area contributed by atoms with Gasteiger partial charge < -0.3 is 10.4 Å². The van der Waals surface area contributed by atoms with E-state index in [0.717, 1.165) is 12.1 Å². The first-order valence-electron chi connectivity index (χ1n) is 5.62. The number of rotatable bonds is 3. The molecule has 0 radical (unpaired) electrons. The number of phenols is 1. The Morgan fingerprint density at radius 2 is 2.05 bits per heavy atom. The second-order valence-corrected chi connectivity index (χ2v) is 4.96. The standard InChI is InChI=1S/C13H8BrFN2O4/c14-8-4-7(5-9(15)6-8)13(19)16-12-10(17(20)21)2-1-3-11(12)18/h1-6,18H,(H,16,19). The zero-order chi connectivity index (χ0) is 15.6. The van der Waals surface area contributed by atoms with E-state index in [-0.39, 0.29) is 11.3 Å². The van der Waals surface area contributed by atoms with E-state index in [1.807, 2.05) is 0 Å². The average molecular weight is 355 g/mol. The first kappa shape index (κ1) is 14.9. The molecule has 2 rings (SSSR count). The Morgan fingerprint density at radius 3 is 2.67 bits per heavy atom. The molecule has 0 aliphatic rings. The summed E-state index contributed by atoms with van der Waals surface area (Å²) in [6.45, 7) is 0. The molecule has 2 aromatic rings. The van der Waals surface area contributed by atoms with Crippen molar-refractivity contribution in [2.75, 3.05) is 5.32 Å². The van der Waals surface area contributed by atoms with Crippen LogP contribution in [-0.4, -0.2) is 15.9 Å². The number of halogens is 2. The summed E-state index contributed by atoms with van der Waals surface area (Å²) in [5.41, 5.74) is -0.842. The molecule has 108 valence electrons. The van der Waals surface area contributed by atoms with Crippen LogP contribution >= 0.6 is 15.9 Å². The number of benzene rings is 2. The van der Waals surface area contributed by atoms with Gasteiger partial charge in [-0.2, -0.15) is 0 Å². The summed E-state index contributed by atoms with van der Waals surface area (Å²) in [4.78, 5) is 22.1. The highest BCUT2D eigenvalue weighted by Gasteiger charge is 2.20. The van der Waals surface area contributed by atoms with Crippen molar-refractivity contribution in [3.63, 3.8) is 0 Å². The van der Waals surface area contributed by atoms with Crippen LogP contribution in [0.3, 0.4) is 0 Å². The van der Waals surface area contributed by atoms with Crippen molar-refractivity contribution < 1.29 is 19.2 Å². The maximum absolute atomic E-state index is 13.2. The third kappa shape index (κ3) is 3.34. The van der Waals surface area contributed by atoms with Gasteiger partial charge in [-0.1, -0.05) is 22.0 Å². The second-order valence-electron chi connectivity index (χ2n) is 4.04. The van der Waals surface area contributed by atoms with Crippen LogP contribution < -0.4 is 5.32 Å². The van der Waals surface area contributed by atoms with E-state index in [2.05, 4.69) is 21.2 Å². The lowest BCUT2D eigenvalue weighted by Gasteiger charge is -2.08. The van der Waals surface area contributed by atoms with E-state index in [1.54, 1.807) is 0 Å². The molecule has 2 N–H and O–H groups in total. The molecule has 0 saturated carbocycles. The molecule has 0 atom stereocenters. The fraction of sp³-hybridized carbons (Fsp3) is 0. The van der Waals surface area contributed by atoms with Crippen LogP contribution in [-0.2, 0) is 0 Å². The van der Waals surface area contributed by atoms with Gasteiger partial charge in [0.25, 0.3) is 11.6 Å². The van der Waals surface area contributed by atoms with E-state index in [1.165, 1.54) is 24.3 Å². The molecule has 0 aliphatic carbocycles. The topological polar surface area (TPSA) is 92.5 Å². The summed E-state index contributed by atoms with van der Waals surface area (Å²) in [5, 5.41) is 22.7. The zero-order valence-electron chi connectivity index (χ0n) is 10.3. The van der Waals surface area contributed by atoms with Gasteiger partial charge in [-0.15, -0.1) is 0 Å². The summed E-state index contributed by atoms with van der Waals surface area (Å²) in [6.07, 6.45) is 0. The number of carbonyl (C=O) groups excluding carboxylic acids is 1. The Hall–Kier alpha value is -2.48. The Kier molecular flexibility index (Phi) is 4.18. The predicted octanol–water partition coefficient (Wildman–Crippen LogP) is 3.45. The van der Waals surface area contributed by atoms with Crippen LogP contribution in [0, 0.1) is 15.9 Å². The molecular formula is C13H8BrFN2O4. The molecule has 0 saturated heterocycles. The van der Waals surface area contributed by atoms with Crippen molar-refractivity contribution in [1.29, 1.82) is 0 Å². The number of amides is 1. The lowest BCUT2D eigenvalue weighted by atomic mass is 10.2. The second kappa shape index (κ2) is 5.88. The van der Waals surface area contributed by atoms with E-state index < -0.39 is 28.1 Å². The number of hydrogen-bond acceptors (Lipinski definition) is 4. The van der Waals surface area contributed by atoms with Crippen LogP contribution in [0.2, 0.25) is 0 Å². The van der Waals surface area contributed by atoms with Gasteiger partial charge in [-0.3, -0.25) is 14.9 Å². The molecule has 6 nitrogen and oxygen atoms in total. The van der Waals surface area contributed by atoms with E-state index in [4.69, 9.17) is 0 Å². The minimum absolute atomic E-state index is 0.0422. The van der Waals surface area contributed by atoms with Gasteiger partial charge in [0.1, 0.15) is 11.6 Å². The number of para-hydroxylation sites is 1. The lowest BCUT2D eigenvalue weighted by molar-refractivity contribution is -0.384. The Labute approximate surface area is 126 Å². The van der Waals surface area contributed by atoms with Crippen molar-refractivity contribution >= 4 is 33.2 Å². The van der Waals surface area contributed by atoms with Gasteiger partial charge >= 0.3 is 0 Å². The van der Waals surface area contributed by atoms with Crippen molar-refractivity contribution in [3.8, 4) is 5.75 Å². The molecule has 0 heterocycles. The summed E-state index contributed by atoms with van der Waals surface area (Å²) in [5.74, 6) is -1.87. The third-order valence-corrected chi connectivity index (χ3v) is 3.04. The quantitative estimate of drug-likeness (QED) is 0.501. The predicted molar refractivity (Wildman–Crippen MR) is 76.8 cm³/mol. The summed E-state index contributed by atoms with van der Waals surface area (Å²) in [7, 11) is 0. The largest absolute Gasteiger partial charge is 0.505 e. The van der Waals surface area contributed by atoms with Crippen molar-refractivity contribution in [2.24, 2.45) is 0 Å². The molecule has 0 aromatic heterocycles. The number of nitro groups is 1. The van der Waals surface area contributed by atoms with Crippen LogP contribution in [0.15, 0.2) is 40.9 Å². The molecule has 21 heavy (non-hydrogen) atoms. The molecule has 0 spiro atoms. The van der Waals surface area contributed by atoms with Gasteiger partial charge in [-0.05, 0) is 24.3 Å². The molecule has 8 heteroatoms. The number of nitro benzene ring substituents is 1. The average Bonchev–Trinajstić information content (AvgIpc) is 2.39. The molecule has 0 fully saturated rings. The number of aromatic hydroxyl groups is 1. The van der Waals surface area contributed by atoms with Gasteiger partial charge in [0.05, 0.1) is 4.92 Å². The first-order chi connectivity index (χ1) is 9.88. The number of phenolic OH excluding ortho intramolecular Hbond substituents is 1. The molecule has 1 amide bonds. The number of nitrogens with one attached hydrogen (secondary N) is 1. The Morgan fingerprint density at radius 1 is 1.33 bits per heavy atom. The minimum atomic E-state index is -0.778. The highest BCUT2D eigenvalue weighted by atomic mass is 79.9. The molecule has 0 aliphatic heterocycles. The number of carbonyl (C=O) groups is 1. The fourth-order valence-electron chi connectivity index (χ4n) is 1.68. The van der Waals surface area contributed by atoms with Gasteiger partial charge in [0.2, 0.25) is 0 Å². The number of hydrogen-bond donors (Lipinski definition) is 2.